The molecule has 0 bridgehead atoms. The van der Waals surface area contributed by atoms with Crippen LogP contribution in [-0.2, 0) is 19.3 Å². The van der Waals surface area contributed by atoms with Gasteiger partial charge in [0.25, 0.3) is 5.91 Å². The van der Waals surface area contributed by atoms with Crippen molar-refractivity contribution >= 4 is 5.91 Å². The van der Waals surface area contributed by atoms with Crippen molar-refractivity contribution in [1.29, 1.82) is 0 Å². The maximum absolute atomic E-state index is 12.8. The van der Waals surface area contributed by atoms with Gasteiger partial charge in [0.2, 0.25) is 0 Å². The monoisotopic (exact) mass is 471 g/mol. The highest BCUT2D eigenvalue weighted by Gasteiger charge is 2.30. The summed E-state index contributed by atoms with van der Waals surface area (Å²) in [5, 5.41) is 7.02. The quantitative estimate of drug-likeness (QED) is 0.563. The fraction of sp³-hybridized carbons (Fsp3) is 0.400. The molecule has 4 rings (SSSR count). The average Bonchev–Trinajstić information content (AvgIpc) is 3.21. The van der Waals surface area contributed by atoms with Crippen LogP contribution in [0.3, 0.4) is 0 Å². The van der Waals surface area contributed by atoms with E-state index in [9.17, 15) is 18.0 Å². The van der Waals surface area contributed by atoms with Gasteiger partial charge in [-0.15, -0.1) is 0 Å². The fourth-order valence-electron chi connectivity index (χ4n) is 4.06. The highest BCUT2D eigenvalue weighted by Crippen LogP contribution is 2.29. The molecule has 6 nitrogen and oxygen atoms in total. The van der Waals surface area contributed by atoms with Crippen LogP contribution in [-0.4, -0.2) is 38.7 Å². The summed E-state index contributed by atoms with van der Waals surface area (Å²) in [6.45, 7) is 7.55. The zero-order valence-electron chi connectivity index (χ0n) is 19.3. The number of nitrogens with one attached hydrogen (secondary N) is 1. The van der Waals surface area contributed by atoms with Gasteiger partial charge >= 0.3 is 6.18 Å². The van der Waals surface area contributed by atoms with Crippen molar-refractivity contribution in [2.45, 2.75) is 46.0 Å². The first kappa shape index (κ1) is 23.9. The number of hydrogen-bond acceptors (Lipinski definition) is 4. The third-order valence-electron chi connectivity index (χ3n) is 6.31. The van der Waals surface area contributed by atoms with E-state index in [1.807, 2.05) is 12.1 Å². The summed E-state index contributed by atoms with van der Waals surface area (Å²) >= 11 is 0. The second kappa shape index (κ2) is 9.97. The lowest BCUT2D eigenvalue weighted by Crippen LogP contribution is -2.32. The standard InChI is InChI=1S/C25H28F3N5O/c1-17-9-11-32(12-10-17)16-20-5-3-19(4-6-20)13-30-24(34)22-15-31-33(18(22)2)23-8-7-21(14-29-23)25(26,27)28/h3-8,14-15,17H,9-13,16H2,1-2H3,(H,30,34). The summed E-state index contributed by atoms with van der Waals surface area (Å²) in [4.78, 5) is 19.0. The number of alkyl halides is 3. The Kier molecular flexibility index (Phi) is 7.02. The Morgan fingerprint density at radius 3 is 2.35 bits per heavy atom. The molecule has 0 spiro atoms. The number of hydrogen-bond donors (Lipinski definition) is 1. The normalized spacial score (nSPS) is 15.4. The number of rotatable bonds is 6. The number of piperidine rings is 1. The molecular formula is C25H28F3N5O. The topological polar surface area (TPSA) is 63.1 Å². The summed E-state index contributed by atoms with van der Waals surface area (Å²) in [6.07, 6.45) is 0.183. The number of nitrogens with zero attached hydrogens (tertiary/aromatic N) is 4. The zero-order valence-corrected chi connectivity index (χ0v) is 19.3. The lowest BCUT2D eigenvalue weighted by molar-refractivity contribution is -0.137. The molecule has 1 fully saturated rings. The third-order valence-corrected chi connectivity index (χ3v) is 6.31. The molecule has 2 aromatic heterocycles. The van der Waals surface area contributed by atoms with E-state index in [2.05, 4.69) is 39.4 Å². The highest BCUT2D eigenvalue weighted by molar-refractivity contribution is 5.95. The Morgan fingerprint density at radius 1 is 1.06 bits per heavy atom. The minimum Gasteiger partial charge on any atom is -0.348 e. The second-order valence-corrected chi connectivity index (χ2v) is 8.92. The van der Waals surface area contributed by atoms with Crippen molar-refractivity contribution in [1.82, 2.24) is 25.0 Å². The lowest BCUT2D eigenvalue weighted by Gasteiger charge is -2.30. The van der Waals surface area contributed by atoms with Gasteiger partial charge in [0, 0.05) is 19.3 Å². The van der Waals surface area contributed by atoms with Crippen LogP contribution in [0.25, 0.3) is 5.82 Å². The molecule has 0 radical (unpaired) electrons. The molecule has 3 aromatic rings. The van der Waals surface area contributed by atoms with Gasteiger partial charge in [0.1, 0.15) is 0 Å². The first-order chi connectivity index (χ1) is 16.2. The largest absolute Gasteiger partial charge is 0.417 e. The van der Waals surface area contributed by atoms with Crippen LogP contribution in [0.1, 0.15) is 52.5 Å². The molecule has 0 aliphatic carbocycles. The van der Waals surface area contributed by atoms with Crippen molar-refractivity contribution in [3.05, 3.63) is 76.7 Å². The average molecular weight is 472 g/mol. The van der Waals surface area contributed by atoms with Crippen LogP contribution in [0.4, 0.5) is 13.2 Å². The minimum absolute atomic E-state index is 0.211. The van der Waals surface area contributed by atoms with Crippen molar-refractivity contribution in [2.24, 2.45) is 5.92 Å². The SMILES string of the molecule is Cc1c(C(=O)NCc2ccc(CN3CCC(C)CC3)cc2)cnn1-c1ccc(C(F)(F)F)cn1. The molecule has 34 heavy (non-hydrogen) atoms. The second-order valence-electron chi connectivity index (χ2n) is 8.92. The Morgan fingerprint density at radius 2 is 1.74 bits per heavy atom. The van der Waals surface area contributed by atoms with E-state index in [-0.39, 0.29) is 11.7 Å². The molecule has 1 N–H and O–H groups in total. The van der Waals surface area contributed by atoms with Gasteiger partial charge < -0.3 is 5.32 Å². The van der Waals surface area contributed by atoms with Gasteiger partial charge in [-0.1, -0.05) is 31.2 Å². The van der Waals surface area contributed by atoms with Crippen molar-refractivity contribution in [3.8, 4) is 5.82 Å². The summed E-state index contributed by atoms with van der Waals surface area (Å²) in [7, 11) is 0. The van der Waals surface area contributed by atoms with E-state index in [4.69, 9.17) is 0 Å². The van der Waals surface area contributed by atoms with Gasteiger partial charge in [0.15, 0.2) is 5.82 Å². The van der Waals surface area contributed by atoms with Crippen LogP contribution in [0.15, 0.2) is 48.8 Å². The summed E-state index contributed by atoms with van der Waals surface area (Å²) < 4.78 is 39.6. The molecule has 1 aliphatic rings. The molecule has 9 heteroatoms. The van der Waals surface area contributed by atoms with Crippen LogP contribution in [0.5, 0.6) is 0 Å². The Balaban J connectivity index is 1.34. The maximum Gasteiger partial charge on any atom is 0.417 e. The maximum atomic E-state index is 12.8. The summed E-state index contributed by atoms with van der Waals surface area (Å²) in [5.74, 6) is 0.717. The van der Waals surface area contributed by atoms with E-state index in [0.29, 0.717) is 17.8 Å². The summed E-state index contributed by atoms with van der Waals surface area (Å²) in [5.41, 5.74) is 2.24. The Hall–Kier alpha value is -3.20. The number of benzene rings is 1. The number of amides is 1. The Bertz CT molecular complexity index is 1110. The molecular weight excluding hydrogens is 443 g/mol. The van der Waals surface area contributed by atoms with Crippen LogP contribution >= 0.6 is 0 Å². The van der Waals surface area contributed by atoms with Gasteiger partial charge in [-0.05, 0) is 62.0 Å². The number of aromatic nitrogens is 3. The van der Waals surface area contributed by atoms with E-state index in [1.165, 1.54) is 35.4 Å². The van der Waals surface area contributed by atoms with Crippen LogP contribution < -0.4 is 5.32 Å². The first-order valence-electron chi connectivity index (χ1n) is 11.4. The molecule has 1 saturated heterocycles. The smallest absolute Gasteiger partial charge is 0.348 e. The van der Waals surface area contributed by atoms with Crippen LogP contribution in [0, 0.1) is 12.8 Å². The number of carbonyl (C=O) groups excluding carboxylic acids is 1. The van der Waals surface area contributed by atoms with E-state index in [1.54, 1.807) is 6.92 Å². The molecule has 1 aromatic carbocycles. The van der Waals surface area contributed by atoms with Crippen LogP contribution in [0.2, 0.25) is 0 Å². The molecule has 1 amide bonds. The number of likely N-dealkylation sites (tertiary alicyclic amines) is 1. The van der Waals surface area contributed by atoms with Gasteiger partial charge in [-0.2, -0.15) is 18.3 Å². The highest BCUT2D eigenvalue weighted by atomic mass is 19.4. The summed E-state index contributed by atoms with van der Waals surface area (Å²) in [6, 6.07) is 10.4. The molecule has 180 valence electrons. The van der Waals surface area contributed by atoms with Crippen molar-refractivity contribution in [2.75, 3.05) is 13.1 Å². The zero-order chi connectivity index (χ0) is 24.3. The molecule has 0 saturated carbocycles. The van der Waals surface area contributed by atoms with Gasteiger partial charge in [0.05, 0.1) is 23.0 Å². The van der Waals surface area contributed by atoms with Crippen molar-refractivity contribution in [3.63, 3.8) is 0 Å². The predicted molar refractivity (Wildman–Crippen MR) is 122 cm³/mol. The molecule has 0 unspecified atom stereocenters. The van der Waals surface area contributed by atoms with Gasteiger partial charge in [-0.25, -0.2) is 9.67 Å². The van der Waals surface area contributed by atoms with E-state index >= 15 is 0 Å². The number of pyridine rings is 1. The van der Waals surface area contributed by atoms with Crippen molar-refractivity contribution < 1.29 is 18.0 Å². The molecule has 1 aliphatic heterocycles. The number of halogens is 3. The number of carbonyl (C=O) groups is 1. The molecule has 3 heterocycles. The Labute approximate surface area is 196 Å². The third kappa shape index (κ3) is 5.64. The van der Waals surface area contributed by atoms with E-state index in [0.717, 1.165) is 43.4 Å². The molecule has 0 atom stereocenters. The van der Waals surface area contributed by atoms with E-state index < -0.39 is 11.7 Å². The minimum atomic E-state index is -4.46. The van der Waals surface area contributed by atoms with Gasteiger partial charge in [-0.3, -0.25) is 9.69 Å². The fourth-order valence-corrected chi connectivity index (χ4v) is 4.06. The lowest BCUT2D eigenvalue weighted by atomic mass is 9.99. The first-order valence-corrected chi connectivity index (χ1v) is 11.4. The predicted octanol–water partition coefficient (Wildman–Crippen LogP) is 4.76.